The van der Waals surface area contributed by atoms with Gasteiger partial charge in [-0.1, -0.05) is 43.7 Å². The molecule has 1 fully saturated rings. The Morgan fingerprint density at radius 1 is 1.44 bits per heavy atom. The van der Waals surface area contributed by atoms with Gasteiger partial charge in [0, 0.05) is 0 Å². The van der Waals surface area contributed by atoms with Crippen molar-refractivity contribution in [2.24, 2.45) is 5.92 Å². The fourth-order valence-electron chi connectivity index (χ4n) is 2.48. The van der Waals surface area contributed by atoms with Gasteiger partial charge in [-0.25, -0.2) is 0 Å². The maximum Gasteiger partial charge on any atom is 0.320 e. The van der Waals surface area contributed by atoms with Gasteiger partial charge >= 0.3 is 5.97 Å². The molecule has 1 aliphatic rings. The van der Waals surface area contributed by atoms with Gasteiger partial charge in [0.1, 0.15) is 6.04 Å². The van der Waals surface area contributed by atoms with Gasteiger partial charge in [0.05, 0.1) is 0 Å². The van der Waals surface area contributed by atoms with E-state index in [1.165, 1.54) is 12.0 Å². The molecular weight excluding hydrogens is 226 g/mol. The highest BCUT2D eigenvalue weighted by molar-refractivity contribution is 5.73. The monoisotopic (exact) mass is 247 g/mol. The number of hydrogen-bond acceptors (Lipinski definition) is 2. The van der Waals surface area contributed by atoms with Gasteiger partial charge < -0.3 is 10.4 Å². The highest BCUT2D eigenvalue weighted by atomic mass is 16.4. The van der Waals surface area contributed by atoms with Crippen LogP contribution in [0.2, 0.25) is 0 Å². The lowest BCUT2D eigenvalue weighted by Gasteiger charge is -2.13. The van der Waals surface area contributed by atoms with Gasteiger partial charge in [0.25, 0.3) is 0 Å². The van der Waals surface area contributed by atoms with Crippen LogP contribution in [-0.4, -0.2) is 23.7 Å². The first-order valence-corrected chi connectivity index (χ1v) is 6.73. The van der Waals surface area contributed by atoms with Crippen molar-refractivity contribution < 1.29 is 9.90 Å². The van der Waals surface area contributed by atoms with E-state index in [1.54, 1.807) is 0 Å². The standard InChI is InChI=1S/C15H21NO2/c1-2-6-14(15(17)18)16-10-12-9-13(12)11-7-4-3-5-8-11/h3-5,7-8,12-14,16H,2,6,9-10H2,1H3,(H,17,18). The van der Waals surface area contributed by atoms with E-state index in [4.69, 9.17) is 5.11 Å². The summed E-state index contributed by atoms with van der Waals surface area (Å²) in [7, 11) is 0. The SMILES string of the molecule is CCCC(NCC1CC1c1ccccc1)C(=O)O. The van der Waals surface area contributed by atoms with Crippen LogP contribution in [0.15, 0.2) is 30.3 Å². The zero-order valence-corrected chi connectivity index (χ0v) is 10.8. The van der Waals surface area contributed by atoms with Crippen LogP contribution < -0.4 is 5.32 Å². The first-order chi connectivity index (χ1) is 8.72. The Bertz CT molecular complexity index is 391. The third-order valence-corrected chi connectivity index (χ3v) is 3.65. The summed E-state index contributed by atoms with van der Waals surface area (Å²) in [6.07, 6.45) is 2.78. The molecular formula is C15H21NO2. The molecule has 3 atom stereocenters. The molecule has 3 unspecified atom stereocenters. The molecule has 0 aliphatic heterocycles. The lowest BCUT2D eigenvalue weighted by atomic mass is 10.1. The predicted octanol–water partition coefficient (Wildman–Crippen LogP) is 2.63. The van der Waals surface area contributed by atoms with Crippen molar-refractivity contribution in [1.29, 1.82) is 0 Å². The Hall–Kier alpha value is -1.35. The molecule has 0 saturated heterocycles. The van der Waals surface area contributed by atoms with E-state index in [1.807, 2.05) is 13.0 Å². The first-order valence-electron chi connectivity index (χ1n) is 6.73. The van der Waals surface area contributed by atoms with Gasteiger partial charge in [-0.05, 0) is 36.8 Å². The second-order valence-corrected chi connectivity index (χ2v) is 5.10. The van der Waals surface area contributed by atoms with E-state index in [2.05, 4.69) is 29.6 Å². The van der Waals surface area contributed by atoms with Crippen LogP contribution in [-0.2, 0) is 4.79 Å². The molecule has 1 saturated carbocycles. The quantitative estimate of drug-likeness (QED) is 0.778. The summed E-state index contributed by atoms with van der Waals surface area (Å²) >= 11 is 0. The normalized spacial score (nSPS) is 23.6. The number of carbonyl (C=O) groups is 1. The van der Waals surface area contributed by atoms with Crippen LogP contribution in [0.5, 0.6) is 0 Å². The molecule has 2 N–H and O–H groups in total. The average Bonchev–Trinajstić information content (AvgIpc) is 3.15. The van der Waals surface area contributed by atoms with Crippen molar-refractivity contribution in [1.82, 2.24) is 5.32 Å². The third kappa shape index (κ3) is 3.33. The van der Waals surface area contributed by atoms with Crippen molar-refractivity contribution >= 4 is 5.97 Å². The molecule has 1 aromatic rings. The van der Waals surface area contributed by atoms with Crippen molar-refractivity contribution in [2.45, 2.75) is 38.1 Å². The summed E-state index contributed by atoms with van der Waals surface area (Å²) in [5.41, 5.74) is 1.38. The molecule has 0 amide bonds. The number of nitrogens with one attached hydrogen (secondary N) is 1. The highest BCUT2D eigenvalue weighted by Gasteiger charge is 2.38. The summed E-state index contributed by atoms with van der Waals surface area (Å²) in [4.78, 5) is 11.0. The summed E-state index contributed by atoms with van der Waals surface area (Å²) in [5.74, 6) is 0.495. The maximum atomic E-state index is 11.0. The number of carboxylic acids is 1. The maximum absolute atomic E-state index is 11.0. The zero-order valence-electron chi connectivity index (χ0n) is 10.8. The van der Waals surface area contributed by atoms with Crippen LogP contribution in [0, 0.1) is 5.92 Å². The molecule has 0 heterocycles. The molecule has 1 aromatic carbocycles. The number of benzene rings is 1. The average molecular weight is 247 g/mol. The lowest BCUT2D eigenvalue weighted by molar-refractivity contribution is -0.139. The number of rotatable bonds is 7. The van der Waals surface area contributed by atoms with E-state index in [-0.39, 0.29) is 6.04 Å². The predicted molar refractivity (Wildman–Crippen MR) is 71.6 cm³/mol. The van der Waals surface area contributed by atoms with E-state index >= 15 is 0 Å². The van der Waals surface area contributed by atoms with Crippen LogP contribution in [0.1, 0.15) is 37.7 Å². The molecule has 3 heteroatoms. The summed E-state index contributed by atoms with van der Waals surface area (Å²) in [6.45, 7) is 2.83. The van der Waals surface area contributed by atoms with Crippen LogP contribution in [0.3, 0.4) is 0 Å². The Labute approximate surface area is 108 Å². The summed E-state index contributed by atoms with van der Waals surface area (Å²) in [6, 6.07) is 10.1. The van der Waals surface area contributed by atoms with Gasteiger partial charge in [0.15, 0.2) is 0 Å². The number of aliphatic carboxylic acids is 1. The van der Waals surface area contributed by atoms with Gasteiger partial charge in [-0.15, -0.1) is 0 Å². The first kappa shape index (κ1) is 13.1. The summed E-state index contributed by atoms with van der Waals surface area (Å²) < 4.78 is 0. The zero-order chi connectivity index (χ0) is 13.0. The molecule has 18 heavy (non-hydrogen) atoms. The molecule has 3 nitrogen and oxygen atoms in total. The number of carboxylic acid groups (broad SMARTS) is 1. The van der Waals surface area contributed by atoms with Crippen molar-refractivity contribution in [3.05, 3.63) is 35.9 Å². The van der Waals surface area contributed by atoms with Crippen molar-refractivity contribution in [2.75, 3.05) is 6.54 Å². The van der Waals surface area contributed by atoms with E-state index in [9.17, 15) is 4.79 Å². The Kier molecular flexibility index (Phi) is 4.37. The fourth-order valence-corrected chi connectivity index (χ4v) is 2.48. The van der Waals surface area contributed by atoms with E-state index < -0.39 is 5.97 Å². The van der Waals surface area contributed by atoms with Gasteiger partial charge in [-0.2, -0.15) is 0 Å². The molecule has 0 spiro atoms. The number of hydrogen-bond donors (Lipinski definition) is 2. The largest absolute Gasteiger partial charge is 0.480 e. The van der Waals surface area contributed by atoms with Crippen LogP contribution in [0.25, 0.3) is 0 Å². The topological polar surface area (TPSA) is 49.3 Å². The minimum absolute atomic E-state index is 0.382. The fraction of sp³-hybridized carbons (Fsp3) is 0.533. The second kappa shape index (κ2) is 6.01. The molecule has 0 bridgehead atoms. The van der Waals surface area contributed by atoms with Gasteiger partial charge in [-0.3, -0.25) is 4.79 Å². The minimum Gasteiger partial charge on any atom is -0.480 e. The Balaban J connectivity index is 1.78. The molecule has 0 radical (unpaired) electrons. The molecule has 0 aromatic heterocycles. The second-order valence-electron chi connectivity index (χ2n) is 5.10. The van der Waals surface area contributed by atoms with E-state index in [0.29, 0.717) is 18.3 Å². The third-order valence-electron chi connectivity index (χ3n) is 3.65. The molecule has 1 aliphatic carbocycles. The van der Waals surface area contributed by atoms with Gasteiger partial charge in [0.2, 0.25) is 0 Å². The summed E-state index contributed by atoms with van der Waals surface area (Å²) in [5, 5.41) is 12.2. The van der Waals surface area contributed by atoms with Crippen LogP contribution >= 0.6 is 0 Å². The molecule has 98 valence electrons. The van der Waals surface area contributed by atoms with Crippen molar-refractivity contribution in [3.63, 3.8) is 0 Å². The van der Waals surface area contributed by atoms with Crippen molar-refractivity contribution in [3.8, 4) is 0 Å². The van der Waals surface area contributed by atoms with E-state index in [0.717, 1.165) is 13.0 Å². The Morgan fingerprint density at radius 3 is 2.78 bits per heavy atom. The smallest absolute Gasteiger partial charge is 0.320 e. The highest BCUT2D eigenvalue weighted by Crippen LogP contribution is 2.46. The lowest BCUT2D eigenvalue weighted by Crippen LogP contribution is -2.37. The van der Waals surface area contributed by atoms with Crippen LogP contribution in [0.4, 0.5) is 0 Å². The molecule has 2 rings (SSSR count). The Morgan fingerprint density at radius 2 is 2.17 bits per heavy atom. The minimum atomic E-state index is -0.728.